The highest BCUT2D eigenvalue weighted by Gasteiger charge is 2.50. The van der Waals surface area contributed by atoms with Crippen LogP contribution in [0.25, 0.3) is 0 Å². The van der Waals surface area contributed by atoms with Crippen molar-refractivity contribution in [2.24, 2.45) is 23.2 Å². The molecule has 0 radical (unpaired) electrons. The van der Waals surface area contributed by atoms with E-state index in [2.05, 4.69) is 9.55 Å². The molecular formula is C14H21N3. The summed E-state index contributed by atoms with van der Waals surface area (Å²) in [6.45, 7) is 1.11. The molecule has 5 rings (SSSR count). The molecule has 3 nitrogen and oxygen atoms in total. The van der Waals surface area contributed by atoms with Gasteiger partial charge in [-0.25, -0.2) is 4.98 Å². The van der Waals surface area contributed by atoms with Crippen molar-refractivity contribution >= 4 is 5.95 Å². The van der Waals surface area contributed by atoms with Gasteiger partial charge in [-0.05, 0) is 61.7 Å². The Morgan fingerprint density at radius 2 is 1.76 bits per heavy atom. The average Bonchev–Trinajstić information content (AvgIpc) is 2.61. The molecule has 0 atom stereocenters. The van der Waals surface area contributed by atoms with Crippen LogP contribution < -0.4 is 5.73 Å². The van der Waals surface area contributed by atoms with E-state index in [-0.39, 0.29) is 0 Å². The Hall–Kier alpha value is -0.990. The molecule has 0 saturated heterocycles. The standard InChI is InChI=1S/C14H21N3/c15-13-16-1-2-17(13)9-14-6-10-3-11(7-14)5-12(4-10)8-14/h1-2,10-12H,3-9H2,(H2,15,16). The molecule has 0 unspecified atom stereocenters. The van der Waals surface area contributed by atoms with Crippen LogP contribution in [0, 0.1) is 23.2 Å². The number of aromatic nitrogens is 2. The largest absolute Gasteiger partial charge is 0.369 e. The number of anilines is 1. The minimum absolute atomic E-state index is 0.559. The van der Waals surface area contributed by atoms with E-state index in [0.29, 0.717) is 11.4 Å². The zero-order chi connectivity index (χ0) is 11.5. The normalized spacial score (nSPS) is 43.2. The molecule has 0 amide bonds. The van der Waals surface area contributed by atoms with E-state index in [0.717, 1.165) is 24.3 Å². The average molecular weight is 231 g/mol. The third-order valence-corrected chi connectivity index (χ3v) is 5.42. The minimum Gasteiger partial charge on any atom is -0.369 e. The Morgan fingerprint density at radius 1 is 1.18 bits per heavy atom. The summed E-state index contributed by atoms with van der Waals surface area (Å²) in [6.07, 6.45) is 12.7. The molecule has 4 bridgehead atoms. The van der Waals surface area contributed by atoms with E-state index >= 15 is 0 Å². The van der Waals surface area contributed by atoms with Crippen LogP contribution in [-0.2, 0) is 6.54 Å². The van der Waals surface area contributed by atoms with Crippen molar-refractivity contribution < 1.29 is 0 Å². The van der Waals surface area contributed by atoms with E-state index in [9.17, 15) is 0 Å². The lowest BCUT2D eigenvalue weighted by molar-refractivity contribution is -0.0616. The maximum absolute atomic E-state index is 5.92. The zero-order valence-corrected chi connectivity index (χ0v) is 10.3. The third kappa shape index (κ3) is 1.51. The molecule has 1 heterocycles. The summed E-state index contributed by atoms with van der Waals surface area (Å²) in [7, 11) is 0. The van der Waals surface area contributed by atoms with Gasteiger partial charge in [0.1, 0.15) is 0 Å². The van der Waals surface area contributed by atoms with Crippen LogP contribution in [0.5, 0.6) is 0 Å². The van der Waals surface area contributed by atoms with Crippen LogP contribution >= 0.6 is 0 Å². The van der Waals surface area contributed by atoms with Gasteiger partial charge in [-0.15, -0.1) is 0 Å². The van der Waals surface area contributed by atoms with Crippen LogP contribution in [0.15, 0.2) is 12.4 Å². The molecule has 1 aromatic heterocycles. The fourth-order valence-corrected chi connectivity index (χ4v) is 5.32. The molecule has 17 heavy (non-hydrogen) atoms. The first-order valence-corrected chi connectivity index (χ1v) is 6.99. The predicted molar refractivity (Wildman–Crippen MR) is 67.2 cm³/mol. The fourth-order valence-electron chi connectivity index (χ4n) is 5.32. The highest BCUT2D eigenvalue weighted by atomic mass is 15.1. The number of nitrogen functional groups attached to an aromatic ring is 1. The smallest absolute Gasteiger partial charge is 0.200 e. The van der Waals surface area contributed by atoms with Crippen molar-refractivity contribution in [1.29, 1.82) is 0 Å². The maximum atomic E-state index is 5.92. The summed E-state index contributed by atoms with van der Waals surface area (Å²) >= 11 is 0. The van der Waals surface area contributed by atoms with Gasteiger partial charge in [0.15, 0.2) is 5.95 Å². The second-order valence-corrected chi connectivity index (χ2v) is 6.83. The predicted octanol–water partition coefficient (Wildman–Crippen LogP) is 2.68. The van der Waals surface area contributed by atoms with Crippen molar-refractivity contribution in [3.05, 3.63) is 12.4 Å². The number of hydrogen-bond acceptors (Lipinski definition) is 2. The van der Waals surface area contributed by atoms with E-state index in [1.54, 1.807) is 0 Å². The van der Waals surface area contributed by atoms with Crippen molar-refractivity contribution in [2.45, 2.75) is 45.1 Å². The Morgan fingerprint density at radius 3 is 2.24 bits per heavy atom. The minimum atomic E-state index is 0.559. The molecule has 4 fully saturated rings. The van der Waals surface area contributed by atoms with Gasteiger partial charge < -0.3 is 10.3 Å². The number of nitrogens with zero attached hydrogens (tertiary/aromatic N) is 2. The first-order valence-electron chi connectivity index (χ1n) is 6.99. The van der Waals surface area contributed by atoms with Crippen LogP contribution in [-0.4, -0.2) is 9.55 Å². The van der Waals surface area contributed by atoms with Gasteiger partial charge in [0.25, 0.3) is 0 Å². The van der Waals surface area contributed by atoms with Gasteiger partial charge in [-0.3, -0.25) is 0 Å². The lowest BCUT2D eigenvalue weighted by Crippen LogP contribution is -2.47. The van der Waals surface area contributed by atoms with Crippen LogP contribution in [0.1, 0.15) is 38.5 Å². The molecule has 4 aliphatic carbocycles. The number of imidazole rings is 1. The maximum Gasteiger partial charge on any atom is 0.200 e. The lowest BCUT2D eigenvalue weighted by Gasteiger charge is -2.57. The first-order chi connectivity index (χ1) is 8.22. The molecule has 0 aliphatic heterocycles. The SMILES string of the molecule is Nc1nccn1CC12CC3CC(CC(C3)C1)C2. The van der Waals surface area contributed by atoms with Gasteiger partial charge in [-0.2, -0.15) is 0 Å². The zero-order valence-electron chi connectivity index (χ0n) is 10.3. The highest BCUT2D eigenvalue weighted by molar-refractivity contribution is 5.17. The number of rotatable bonds is 2. The van der Waals surface area contributed by atoms with E-state index in [1.165, 1.54) is 38.5 Å². The Kier molecular flexibility index (Phi) is 1.92. The number of hydrogen-bond donors (Lipinski definition) is 1. The van der Waals surface area contributed by atoms with Crippen molar-refractivity contribution in [2.75, 3.05) is 5.73 Å². The molecule has 0 aromatic carbocycles. The summed E-state index contributed by atoms with van der Waals surface area (Å²) in [5, 5.41) is 0. The van der Waals surface area contributed by atoms with Gasteiger partial charge in [-0.1, -0.05) is 0 Å². The van der Waals surface area contributed by atoms with E-state index < -0.39 is 0 Å². The Bertz CT molecular complexity index is 399. The van der Waals surface area contributed by atoms with Gasteiger partial charge in [0.2, 0.25) is 0 Å². The Labute approximate surface area is 102 Å². The summed E-state index contributed by atoms with van der Waals surface area (Å²) < 4.78 is 2.17. The summed E-state index contributed by atoms with van der Waals surface area (Å²) in [5.74, 6) is 3.75. The van der Waals surface area contributed by atoms with Gasteiger partial charge >= 0.3 is 0 Å². The summed E-state index contributed by atoms with van der Waals surface area (Å²) in [6, 6.07) is 0. The topological polar surface area (TPSA) is 43.8 Å². The summed E-state index contributed by atoms with van der Waals surface area (Å²) in [4.78, 5) is 4.16. The second kappa shape index (κ2) is 3.27. The van der Waals surface area contributed by atoms with Crippen molar-refractivity contribution in [1.82, 2.24) is 9.55 Å². The fraction of sp³-hybridized carbons (Fsp3) is 0.786. The quantitative estimate of drug-likeness (QED) is 0.850. The van der Waals surface area contributed by atoms with E-state index in [4.69, 9.17) is 5.73 Å². The second-order valence-electron chi connectivity index (χ2n) is 6.83. The van der Waals surface area contributed by atoms with Gasteiger partial charge in [0.05, 0.1) is 0 Å². The monoisotopic (exact) mass is 231 g/mol. The van der Waals surface area contributed by atoms with E-state index in [1.807, 2.05) is 12.4 Å². The van der Waals surface area contributed by atoms with Crippen LogP contribution in [0.4, 0.5) is 5.95 Å². The van der Waals surface area contributed by atoms with Crippen molar-refractivity contribution in [3.8, 4) is 0 Å². The van der Waals surface area contributed by atoms with Crippen LogP contribution in [0.3, 0.4) is 0 Å². The molecule has 1 aromatic rings. The molecule has 4 aliphatic rings. The highest BCUT2D eigenvalue weighted by Crippen LogP contribution is 2.60. The molecule has 4 saturated carbocycles. The first kappa shape index (κ1) is 9.98. The molecule has 3 heteroatoms. The van der Waals surface area contributed by atoms with Crippen LogP contribution in [0.2, 0.25) is 0 Å². The molecule has 2 N–H and O–H groups in total. The lowest BCUT2D eigenvalue weighted by atomic mass is 9.49. The third-order valence-electron chi connectivity index (χ3n) is 5.42. The van der Waals surface area contributed by atoms with Crippen molar-refractivity contribution in [3.63, 3.8) is 0 Å². The molecule has 92 valence electrons. The number of nitrogens with two attached hydrogens (primary N) is 1. The van der Waals surface area contributed by atoms with Gasteiger partial charge in [0, 0.05) is 18.9 Å². The Balaban J connectivity index is 1.62. The summed E-state index contributed by atoms with van der Waals surface area (Å²) in [5.41, 5.74) is 6.48. The molecule has 0 spiro atoms. The molecular weight excluding hydrogens is 210 g/mol.